The zero-order valence-corrected chi connectivity index (χ0v) is 7.44. The Kier molecular flexibility index (Phi) is 2.86. The maximum Gasteiger partial charge on any atom is 0.0436 e. The van der Waals surface area contributed by atoms with Crippen LogP contribution in [0.5, 0.6) is 0 Å². The molecule has 0 radical (unpaired) electrons. The van der Waals surface area contributed by atoms with E-state index >= 15 is 0 Å². The van der Waals surface area contributed by atoms with E-state index in [1.807, 2.05) is 13.8 Å². The van der Waals surface area contributed by atoms with Crippen LogP contribution in [-0.4, -0.2) is 17.3 Å². The Morgan fingerprint density at radius 1 is 1.20 bits per heavy atom. The molecule has 3 N–H and O–H groups in total. The highest BCUT2D eigenvalue weighted by atomic mass is 16.3. The molecule has 0 aromatic heterocycles. The molecule has 0 rings (SSSR count). The standard InChI is InChI=1S/C8H19NO/c1-7(2,5-6-10)8(3,4)9/h10H,5-6,9H2,1-4H3. The highest BCUT2D eigenvalue weighted by Gasteiger charge is 2.32. The molecule has 0 aliphatic rings. The first kappa shape index (κ1) is 9.92. The van der Waals surface area contributed by atoms with E-state index in [-0.39, 0.29) is 17.6 Å². The predicted molar refractivity (Wildman–Crippen MR) is 43.8 cm³/mol. The smallest absolute Gasteiger partial charge is 0.0436 e. The van der Waals surface area contributed by atoms with Crippen molar-refractivity contribution in [1.29, 1.82) is 0 Å². The van der Waals surface area contributed by atoms with Gasteiger partial charge in [-0.25, -0.2) is 0 Å². The van der Waals surface area contributed by atoms with Gasteiger partial charge in [-0.3, -0.25) is 0 Å². The fourth-order valence-electron chi connectivity index (χ4n) is 0.602. The van der Waals surface area contributed by atoms with Gasteiger partial charge in [-0.2, -0.15) is 0 Å². The zero-order valence-electron chi connectivity index (χ0n) is 7.44. The molecule has 62 valence electrons. The van der Waals surface area contributed by atoms with Crippen molar-refractivity contribution in [2.24, 2.45) is 11.1 Å². The topological polar surface area (TPSA) is 46.2 Å². The van der Waals surface area contributed by atoms with Crippen LogP contribution < -0.4 is 5.73 Å². The van der Waals surface area contributed by atoms with Crippen molar-refractivity contribution in [3.63, 3.8) is 0 Å². The van der Waals surface area contributed by atoms with Gasteiger partial charge in [0.1, 0.15) is 0 Å². The molecule has 0 spiro atoms. The second-order valence-electron chi connectivity index (χ2n) is 4.08. The minimum atomic E-state index is -0.213. The second kappa shape index (κ2) is 2.89. The Bertz CT molecular complexity index is 102. The molecule has 0 aliphatic carbocycles. The quantitative estimate of drug-likeness (QED) is 0.625. The summed E-state index contributed by atoms with van der Waals surface area (Å²) in [5, 5.41) is 8.71. The summed E-state index contributed by atoms with van der Waals surface area (Å²) in [6.07, 6.45) is 0.760. The van der Waals surface area contributed by atoms with Crippen LogP contribution in [0.25, 0.3) is 0 Å². The summed E-state index contributed by atoms with van der Waals surface area (Å²) in [4.78, 5) is 0. The lowest BCUT2D eigenvalue weighted by atomic mass is 9.73. The summed E-state index contributed by atoms with van der Waals surface area (Å²) in [7, 11) is 0. The van der Waals surface area contributed by atoms with E-state index in [0.717, 1.165) is 6.42 Å². The van der Waals surface area contributed by atoms with Gasteiger partial charge in [-0.15, -0.1) is 0 Å². The number of hydrogen-bond acceptors (Lipinski definition) is 2. The summed E-state index contributed by atoms with van der Waals surface area (Å²) in [6, 6.07) is 0. The highest BCUT2D eigenvalue weighted by molar-refractivity contribution is 4.89. The van der Waals surface area contributed by atoms with Crippen LogP contribution in [0, 0.1) is 5.41 Å². The number of hydrogen-bond donors (Lipinski definition) is 2. The van der Waals surface area contributed by atoms with E-state index < -0.39 is 0 Å². The molecule has 0 fully saturated rings. The van der Waals surface area contributed by atoms with Crippen LogP contribution in [0.1, 0.15) is 34.1 Å². The SMILES string of the molecule is CC(C)(N)C(C)(C)CCO. The average Bonchev–Trinajstić information content (AvgIpc) is 1.61. The van der Waals surface area contributed by atoms with E-state index in [1.165, 1.54) is 0 Å². The molecule has 0 saturated carbocycles. The molecule has 0 amide bonds. The van der Waals surface area contributed by atoms with Gasteiger partial charge in [-0.05, 0) is 25.7 Å². The first-order chi connectivity index (χ1) is 4.31. The van der Waals surface area contributed by atoms with Crippen molar-refractivity contribution >= 4 is 0 Å². The van der Waals surface area contributed by atoms with Crippen molar-refractivity contribution in [3.8, 4) is 0 Å². The van der Waals surface area contributed by atoms with E-state index in [4.69, 9.17) is 10.8 Å². The van der Waals surface area contributed by atoms with Gasteiger partial charge in [-0.1, -0.05) is 13.8 Å². The van der Waals surface area contributed by atoms with Crippen LogP contribution in [0.15, 0.2) is 0 Å². The monoisotopic (exact) mass is 145 g/mol. The second-order valence-corrected chi connectivity index (χ2v) is 4.08. The first-order valence-corrected chi connectivity index (χ1v) is 3.71. The van der Waals surface area contributed by atoms with Gasteiger partial charge in [0.15, 0.2) is 0 Å². The lowest BCUT2D eigenvalue weighted by Crippen LogP contribution is -2.47. The van der Waals surface area contributed by atoms with Gasteiger partial charge in [0, 0.05) is 12.1 Å². The Morgan fingerprint density at radius 3 is 1.70 bits per heavy atom. The molecular weight excluding hydrogens is 126 g/mol. The van der Waals surface area contributed by atoms with Gasteiger partial charge in [0.05, 0.1) is 0 Å². The molecule has 0 saturated heterocycles. The molecule has 0 heterocycles. The van der Waals surface area contributed by atoms with Crippen molar-refractivity contribution in [2.75, 3.05) is 6.61 Å². The number of aliphatic hydroxyl groups is 1. The number of aliphatic hydroxyl groups excluding tert-OH is 1. The summed E-state index contributed by atoms with van der Waals surface area (Å²) in [5.41, 5.74) is 5.69. The number of nitrogens with two attached hydrogens (primary N) is 1. The average molecular weight is 145 g/mol. The fraction of sp³-hybridized carbons (Fsp3) is 1.00. The molecule has 2 nitrogen and oxygen atoms in total. The van der Waals surface area contributed by atoms with Crippen molar-refractivity contribution in [1.82, 2.24) is 0 Å². The summed E-state index contributed by atoms with van der Waals surface area (Å²) in [5.74, 6) is 0. The summed E-state index contributed by atoms with van der Waals surface area (Å²) >= 11 is 0. The maximum absolute atomic E-state index is 8.71. The van der Waals surface area contributed by atoms with Gasteiger partial charge >= 0.3 is 0 Å². The summed E-state index contributed by atoms with van der Waals surface area (Å²) < 4.78 is 0. The lowest BCUT2D eigenvalue weighted by molar-refractivity contribution is 0.139. The molecule has 0 aromatic carbocycles. The Balaban J connectivity index is 4.10. The van der Waals surface area contributed by atoms with Crippen molar-refractivity contribution in [2.45, 2.75) is 39.7 Å². The Hall–Kier alpha value is -0.0800. The molecule has 0 atom stereocenters. The third kappa shape index (κ3) is 2.27. The van der Waals surface area contributed by atoms with Crippen LogP contribution in [0.2, 0.25) is 0 Å². The van der Waals surface area contributed by atoms with Gasteiger partial charge < -0.3 is 10.8 Å². The minimum Gasteiger partial charge on any atom is -0.396 e. The molecule has 2 heteroatoms. The highest BCUT2D eigenvalue weighted by Crippen LogP contribution is 2.31. The minimum absolute atomic E-state index is 0.0156. The van der Waals surface area contributed by atoms with Crippen LogP contribution in [-0.2, 0) is 0 Å². The third-order valence-electron chi connectivity index (χ3n) is 2.48. The largest absolute Gasteiger partial charge is 0.396 e. The summed E-state index contributed by atoms with van der Waals surface area (Å²) in [6.45, 7) is 8.34. The van der Waals surface area contributed by atoms with E-state index in [9.17, 15) is 0 Å². The molecule has 0 aromatic rings. The molecule has 10 heavy (non-hydrogen) atoms. The van der Waals surface area contributed by atoms with Gasteiger partial charge in [0.25, 0.3) is 0 Å². The van der Waals surface area contributed by atoms with E-state index in [0.29, 0.717) is 0 Å². The molecule has 0 aliphatic heterocycles. The van der Waals surface area contributed by atoms with Crippen molar-refractivity contribution in [3.05, 3.63) is 0 Å². The van der Waals surface area contributed by atoms with E-state index in [2.05, 4.69) is 13.8 Å². The number of rotatable bonds is 3. The predicted octanol–water partition coefficient (Wildman–Crippen LogP) is 1.13. The lowest BCUT2D eigenvalue weighted by Gasteiger charge is -2.38. The van der Waals surface area contributed by atoms with Crippen LogP contribution >= 0.6 is 0 Å². The zero-order chi connectivity index (χ0) is 8.41. The fourth-order valence-corrected chi connectivity index (χ4v) is 0.602. The Morgan fingerprint density at radius 2 is 1.60 bits per heavy atom. The molecular formula is C8H19NO. The van der Waals surface area contributed by atoms with Crippen LogP contribution in [0.4, 0.5) is 0 Å². The van der Waals surface area contributed by atoms with Crippen molar-refractivity contribution < 1.29 is 5.11 Å². The van der Waals surface area contributed by atoms with Crippen LogP contribution in [0.3, 0.4) is 0 Å². The first-order valence-electron chi connectivity index (χ1n) is 3.71. The van der Waals surface area contributed by atoms with Gasteiger partial charge in [0.2, 0.25) is 0 Å². The Labute approximate surface area is 63.4 Å². The van der Waals surface area contributed by atoms with E-state index in [1.54, 1.807) is 0 Å². The molecule has 0 unspecified atom stereocenters. The normalized spacial score (nSPS) is 13.8. The third-order valence-corrected chi connectivity index (χ3v) is 2.48. The maximum atomic E-state index is 8.71. The molecule has 0 bridgehead atoms.